The van der Waals surface area contributed by atoms with Gasteiger partial charge in [-0.15, -0.1) is 5.10 Å². The highest BCUT2D eigenvalue weighted by atomic mass is 32.1. The van der Waals surface area contributed by atoms with Crippen molar-refractivity contribution in [3.63, 3.8) is 0 Å². The van der Waals surface area contributed by atoms with E-state index in [-0.39, 0.29) is 0 Å². The standard InChI is InChI=1S/C11H10N2OS/c1-7-3-4-9(8(2)5-7)11-10(6-14)12-13-15-11/h3-6H,1-2H3. The quantitative estimate of drug-likeness (QED) is 0.728. The highest BCUT2D eigenvalue weighted by molar-refractivity contribution is 7.09. The zero-order valence-electron chi connectivity index (χ0n) is 8.52. The van der Waals surface area contributed by atoms with E-state index in [4.69, 9.17) is 0 Å². The van der Waals surface area contributed by atoms with E-state index in [1.165, 1.54) is 17.1 Å². The Labute approximate surface area is 91.9 Å². The fourth-order valence-electron chi connectivity index (χ4n) is 1.53. The number of aldehydes is 1. The summed E-state index contributed by atoms with van der Waals surface area (Å²) in [6.07, 6.45) is 0.748. The maximum atomic E-state index is 10.7. The third-order valence-corrected chi connectivity index (χ3v) is 3.03. The van der Waals surface area contributed by atoms with Crippen LogP contribution in [-0.4, -0.2) is 15.9 Å². The molecule has 1 aromatic carbocycles. The second-order valence-electron chi connectivity index (χ2n) is 3.42. The first-order chi connectivity index (χ1) is 7.22. The van der Waals surface area contributed by atoms with Crippen molar-refractivity contribution in [2.75, 3.05) is 0 Å². The summed E-state index contributed by atoms with van der Waals surface area (Å²) >= 11 is 1.25. The first-order valence-electron chi connectivity index (χ1n) is 4.57. The van der Waals surface area contributed by atoms with Crippen molar-refractivity contribution in [1.82, 2.24) is 9.59 Å². The van der Waals surface area contributed by atoms with E-state index in [2.05, 4.69) is 15.7 Å². The highest BCUT2D eigenvalue weighted by Gasteiger charge is 2.11. The predicted molar refractivity (Wildman–Crippen MR) is 60.2 cm³/mol. The normalized spacial score (nSPS) is 10.3. The molecule has 0 aliphatic rings. The second-order valence-corrected chi connectivity index (χ2v) is 4.18. The first kappa shape index (κ1) is 9.98. The smallest absolute Gasteiger partial charge is 0.171 e. The first-order valence-corrected chi connectivity index (χ1v) is 5.35. The molecule has 0 spiro atoms. The fourth-order valence-corrected chi connectivity index (χ4v) is 2.25. The minimum atomic E-state index is 0.423. The van der Waals surface area contributed by atoms with Crippen LogP contribution in [0.4, 0.5) is 0 Å². The third-order valence-electron chi connectivity index (χ3n) is 2.25. The largest absolute Gasteiger partial charge is 0.296 e. The van der Waals surface area contributed by atoms with Crippen molar-refractivity contribution >= 4 is 17.8 Å². The molecule has 76 valence electrons. The number of carbonyl (C=O) groups excluding carboxylic acids is 1. The van der Waals surface area contributed by atoms with Crippen molar-refractivity contribution in [2.24, 2.45) is 0 Å². The summed E-state index contributed by atoms with van der Waals surface area (Å²) in [6, 6.07) is 6.12. The second kappa shape index (κ2) is 3.90. The van der Waals surface area contributed by atoms with Crippen molar-refractivity contribution in [2.45, 2.75) is 13.8 Å². The maximum Gasteiger partial charge on any atom is 0.171 e. The lowest BCUT2D eigenvalue weighted by Gasteiger charge is -2.03. The van der Waals surface area contributed by atoms with Gasteiger partial charge in [-0.3, -0.25) is 4.79 Å². The molecular formula is C11H10N2OS. The molecule has 0 amide bonds. The van der Waals surface area contributed by atoms with Crippen LogP contribution in [-0.2, 0) is 0 Å². The van der Waals surface area contributed by atoms with E-state index in [0.29, 0.717) is 5.69 Å². The van der Waals surface area contributed by atoms with Crippen LogP contribution in [0.1, 0.15) is 21.6 Å². The number of nitrogens with zero attached hydrogens (tertiary/aromatic N) is 2. The van der Waals surface area contributed by atoms with E-state index in [1.807, 2.05) is 26.0 Å². The average molecular weight is 218 g/mol. The van der Waals surface area contributed by atoms with Crippen LogP contribution in [0.5, 0.6) is 0 Å². The summed E-state index contributed by atoms with van der Waals surface area (Å²) in [7, 11) is 0. The van der Waals surface area contributed by atoms with Crippen LogP contribution in [0.2, 0.25) is 0 Å². The molecule has 0 aliphatic heterocycles. The number of hydrogen-bond donors (Lipinski definition) is 0. The van der Waals surface area contributed by atoms with Crippen LogP contribution >= 0.6 is 11.5 Å². The van der Waals surface area contributed by atoms with E-state index in [1.54, 1.807) is 0 Å². The molecule has 0 aliphatic carbocycles. The summed E-state index contributed by atoms with van der Waals surface area (Å²) in [5, 5.41) is 3.78. The Morgan fingerprint density at radius 1 is 1.33 bits per heavy atom. The third kappa shape index (κ3) is 1.80. The molecule has 0 saturated carbocycles. The SMILES string of the molecule is Cc1ccc(-c2snnc2C=O)c(C)c1. The molecule has 0 bridgehead atoms. The zero-order valence-corrected chi connectivity index (χ0v) is 9.34. The van der Waals surface area contributed by atoms with Gasteiger partial charge in [-0.1, -0.05) is 28.3 Å². The summed E-state index contributed by atoms with van der Waals surface area (Å²) in [5.41, 5.74) is 3.81. The summed E-state index contributed by atoms with van der Waals surface area (Å²) < 4.78 is 3.79. The van der Waals surface area contributed by atoms with Gasteiger partial charge in [-0.2, -0.15) is 0 Å². The van der Waals surface area contributed by atoms with Crippen LogP contribution in [0.3, 0.4) is 0 Å². The van der Waals surface area contributed by atoms with Gasteiger partial charge in [0.25, 0.3) is 0 Å². The van der Waals surface area contributed by atoms with Crippen molar-refractivity contribution < 1.29 is 4.79 Å². The summed E-state index contributed by atoms with van der Waals surface area (Å²) in [4.78, 5) is 11.6. The maximum absolute atomic E-state index is 10.7. The molecule has 0 N–H and O–H groups in total. The van der Waals surface area contributed by atoms with E-state index < -0.39 is 0 Å². The monoisotopic (exact) mass is 218 g/mol. The topological polar surface area (TPSA) is 42.9 Å². The number of carbonyl (C=O) groups is 1. The van der Waals surface area contributed by atoms with Crippen molar-refractivity contribution in [1.29, 1.82) is 0 Å². The molecule has 4 heteroatoms. The summed E-state index contributed by atoms with van der Waals surface area (Å²) in [5.74, 6) is 0. The molecule has 1 heterocycles. The molecule has 3 nitrogen and oxygen atoms in total. The fraction of sp³-hybridized carbons (Fsp3) is 0.182. The molecule has 0 fully saturated rings. The van der Waals surface area contributed by atoms with Gasteiger partial charge < -0.3 is 0 Å². The van der Waals surface area contributed by atoms with Gasteiger partial charge in [-0.25, -0.2) is 0 Å². The van der Waals surface area contributed by atoms with Gasteiger partial charge in [-0.05, 0) is 36.5 Å². The van der Waals surface area contributed by atoms with Gasteiger partial charge in [0.1, 0.15) is 5.69 Å². The number of aryl methyl sites for hydroxylation is 2. The molecule has 0 unspecified atom stereocenters. The Morgan fingerprint density at radius 3 is 2.80 bits per heavy atom. The number of benzene rings is 1. The minimum absolute atomic E-state index is 0.423. The van der Waals surface area contributed by atoms with Crippen LogP contribution < -0.4 is 0 Å². The molecule has 2 rings (SSSR count). The zero-order chi connectivity index (χ0) is 10.8. The number of aromatic nitrogens is 2. The van der Waals surface area contributed by atoms with Crippen LogP contribution in [0.15, 0.2) is 18.2 Å². The molecule has 2 aromatic rings. The van der Waals surface area contributed by atoms with Gasteiger partial charge in [0.15, 0.2) is 6.29 Å². The molecule has 0 radical (unpaired) electrons. The van der Waals surface area contributed by atoms with Gasteiger partial charge in [0.2, 0.25) is 0 Å². The molecule has 1 aromatic heterocycles. The lowest BCUT2D eigenvalue weighted by molar-refractivity contribution is 0.111. The predicted octanol–water partition coefficient (Wildman–Crippen LogP) is 2.63. The Bertz CT molecular complexity index is 505. The Balaban J connectivity index is 2.59. The molecule has 0 atom stereocenters. The lowest BCUT2D eigenvalue weighted by Crippen LogP contribution is -1.87. The molecule has 15 heavy (non-hydrogen) atoms. The Morgan fingerprint density at radius 2 is 2.13 bits per heavy atom. The molecular weight excluding hydrogens is 208 g/mol. The van der Waals surface area contributed by atoms with Crippen LogP contribution in [0, 0.1) is 13.8 Å². The Hall–Kier alpha value is -1.55. The number of rotatable bonds is 2. The average Bonchev–Trinajstić information content (AvgIpc) is 2.65. The minimum Gasteiger partial charge on any atom is -0.296 e. The Kier molecular flexibility index (Phi) is 2.60. The van der Waals surface area contributed by atoms with E-state index in [9.17, 15) is 4.79 Å². The van der Waals surface area contributed by atoms with E-state index in [0.717, 1.165) is 22.3 Å². The van der Waals surface area contributed by atoms with Crippen LogP contribution in [0.25, 0.3) is 10.4 Å². The number of hydrogen-bond acceptors (Lipinski definition) is 4. The van der Waals surface area contributed by atoms with Gasteiger partial charge in [0.05, 0.1) is 4.88 Å². The molecule has 0 saturated heterocycles. The van der Waals surface area contributed by atoms with Gasteiger partial charge >= 0.3 is 0 Å². The van der Waals surface area contributed by atoms with Crippen molar-refractivity contribution in [3.05, 3.63) is 35.0 Å². The van der Waals surface area contributed by atoms with E-state index >= 15 is 0 Å². The summed E-state index contributed by atoms with van der Waals surface area (Å²) in [6.45, 7) is 4.07. The lowest BCUT2D eigenvalue weighted by atomic mass is 10.0. The van der Waals surface area contributed by atoms with Gasteiger partial charge in [0, 0.05) is 0 Å². The highest BCUT2D eigenvalue weighted by Crippen LogP contribution is 2.28. The van der Waals surface area contributed by atoms with Crippen molar-refractivity contribution in [3.8, 4) is 10.4 Å².